The van der Waals surface area contributed by atoms with Crippen LogP contribution in [0.25, 0.3) is 0 Å². The fraction of sp³-hybridized carbons (Fsp3) is 0.533. The number of azo groups is 1. The van der Waals surface area contributed by atoms with Gasteiger partial charge < -0.3 is 20.4 Å². The first-order valence-corrected chi connectivity index (χ1v) is 7.27. The number of amides is 1. The fourth-order valence-corrected chi connectivity index (χ4v) is 1.89. The number of nitrogens with zero attached hydrogens (tertiary/aromatic N) is 3. The van der Waals surface area contributed by atoms with Crippen molar-refractivity contribution in [2.75, 3.05) is 36.5 Å². The molecule has 0 heterocycles. The molecule has 1 aromatic rings. The highest BCUT2D eigenvalue weighted by Crippen LogP contribution is 2.30. The van der Waals surface area contributed by atoms with Gasteiger partial charge in [-0.1, -0.05) is 0 Å². The Balaban J connectivity index is 3.14. The average Bonchev–Trinajstić information content (AvgIpc) is 2.45. The molecule has 0 fully saturated rings. The number of rotatable bonds is 8. The largest absolute Gasteiger partial charge is 0.395 e. The van der Waals surface area contributed by atoms with E-state index in [-0.39, 0.29) is 25.2 Å². The van der Waals surface area contributed by atoms with Gasteiger partial charge in [0.15, 0.2) is 0 Å². The van der Waals surface area contributed by atoms with Crippen molar-refractivity contribution < 1.29 is 15.0 Å². The molecule has 0 aliphatic rings. The van der Waals surface area contributed by atoms with E-state index in [0.717, 1.165) is 5.69 Å². The lowest BCUT2D eigenvalue weighted by Crippen LogP contribution is -2.29. The quantitative estimate of drug-likeness (QED) is 0.639. The number of carbonyl (C=O) groups excluding carboxylic acids is 1. The number of aliphatic hydroxyl groups excluding tert-OH is 2. The van der Waals surface area contributed by atoms with E-state index in [9.17, 15) is 4.79 Å². The van der Waals surface area contributed by atoms with Crippen molar-refractivity contribution in [3.63, 3.8) is 0 Å². The summed E-state index contributed by atoms with van der Waals surface area (Å²) in [4.78, 5) is 13.2. The van der Waals surface area contributed by atoms with E-state index in [1.54, 1.807) is 12.1 Å². The highest BCUT2D eigenvalue weighted by Gasteiger charge is 2.10. The SMILES string of the molecule is CC(=O)Nc1cc(N(CCO)CCO)ccc1N=NC(C)C. The zero-order valence-corrected chi connectivity index (χ0v) is 13.3. The Morgan fingerprint density at radius 1 is 1.27 bits per heavy atom. The molecule has 0 aromatic heterocycles. The number of nitrogens with one attached hydrogen (secondary N) is 1. The summed E-state index contributed by atoms with van der Waals surface area (Å²) in [6.07, 6.45) is 0. The minimum atomic E-state index is -0.200. The molecule has 7 nitrogen and oxygen atoms in total. The molecule has 0 bridgehead atoms. The molecule has 0 aliphatic heterocycles. The fourth-order valence-electron chi connectivity index (χ4n) is 1.89. The summed E-state index contributed by atoms with van der Waals surface area (Å²) >= 11 is 0. The minimum Gasteiger partial charge on any atom is -0.395 e. The zero-order valence-electron chi connectivity index (χ0n) is 13.3. The molecule has 0 saturated heterocycles. The molecule has 0 radical (unpaired) electrons. The Kier molecular flexibility index (Phi) is 7.48. The van der Waals surface area contributed by atoms with Gasteiger partial charge in [-0.2, -0.15) is 10.2 Å². The van der Waals surface area contributed by atoms with Crippen molar-refractivity contribution >= 4 is 23.0 Å². The van der Waals surface area contributed by atoms with Crippen molar-refractivity contribution in [3.8, 4) is 0 Å². The average molecular weight is 308 g/mol. The van der Waals surface area contributed by atoms with Gasteiger partial charge in [0.25, 0.3) is 0 Å². The summed E-state index contributed by atoms with van der Waals surface area (Å²) in [5.74, 6) is -0.200. The Bertz CT molecular complexity index is 512. The third kappa shape index (κ3) is 5.79. The molecule has 0 aliphatic carbocycles. The lowest BCUT2D eigenvalue weighted by molar-refractivity contribution is -0.114. The third-order valence-electron chi connectivity index (χ3n) is 2.79. The van der Waals surface area contributed by atoms with Crippen LogP contribution in [0.2, 0.25) is 0 Å². The molecule has 7 heteroatoms. The lowest BCUT2D eigenvalue weighted by Gasteiger charge is -2.23. The molecule has 0 unspecified atom stereocenters. The van der Waals surface area contributed by atoms with Crippen LogP contribution in [0.15, 0.2) is 28.4 Å². The molecule has 122 valence electrons. The van der Waals surface area contributed by atoms with E-state index >= 15 is 0 Å². The zero-order chi connectivity index (χ0) is 16.5. The standard InChI is InChI=1S/C15H24N4O3/c1-11(2)17-18-14-5-4-13(10-15(14)16-12(3)22)19(6-8-20)7-9-21/h4-5,10-11,20-21H,6-9H2,1-3H3,(H,16,22). The van der Waals surface area contributed by atoms with E-state index < -0.39 is 0 Å². The number of anilines is 2. The van der Waals surface area contributed by atoms with Crippen LogP contribution in [-0.2, 0) is 4.79 Å². The van der Waals surface area contributed by atoms with Gasteiger partial charge in [0.05, 0.1) is 24.9 Å². The van der Waals surface area contributed by atoms with E-state index in [1.807, 2.05) is 24.8 Å². The van der Waals surface area contributed by atoms with E-state index in [4.69, 9.17) is 10.2 Å². The topological polar surface area (TPSA) is 97.5 Å². The van der Waals surface area contributed by atoms with Crippen LogP contribution in [0.1, 0.15) is 20.8 Å². The number of aliphatic hydroxyl groups is 2. The summed E-state index contributed by atoms with van der Waals surface area (Å²) in [5, 5.41) is 29.2. The highest BCUT2D eigenvalue weighted by molar-refractivity contribution is 5.92. The van der Waals surface area contributed by atoms with Gasteiger partial charge in [0.1, 0.15) is 5.69 Å². The second-order valence-corrected chi connectivity index (χ2v) is 5.13. The Morgan fingerprint density at radius 2 is 1.91 bits per heavy atom. The summed E-state index contributed by atoms with van der Waals surface area (Å²) < 4.78 is 0. The van der Waals surface area contributed by atoms with Crippen LogP contribution in [0, 0.1) is 0 Å². The summed E-state index contributed by atoms with van der Waals surface area (Å²) in [5.41, 5.74) is 1.91. The van der Waals surface area contributed by atoms with Crippen LogP contribution < -0.4 is 10.2 Å². The van der Waals surface area contributed by atoms with Crippen molar-refractivity contribution in [2.45, 2.75) is 26.8 Å². The molecule has 1 aromatic carbocycles. The molecule has 1 amide bonds. The maximum absolute atomic E-state index is 11.4. The number of hydrogen-bond donors (Lipinski definition) is 3. The second-order valence-electron chi connectivity index (χ2n) is 5.13. The monoisotopic (exact) mass is 308 g/mol. The number of benzene rings is 1. The maximum atomic E-state index is 11.4. The third-order valence-corrected chi connectivity index (χ3v) is 2.79. The van der Waals surface area contributed by atoms with Crippen LogP contribution in [-0.4, -0.2) is 48.5 Å². The number of hydrogen-bond acceptors (Lipinski definition) is 6. The van der Waals surface area contributed by atoms with Gasteiger partial charge in [-0.15, -0.1) is 0 Å². The molecule has 1 rings (SSSR count). The normalized spacial score (nSPS) is 11.2. The number of carbonyl (C=O) groups is 1. The lowest BCUT2D eigenvalue weighted by atomic mass is 10.2. The molecular formula is C15H24N4O3. The van der Waals surface area contributed by atoms with Crippen LogP contribution in [0.3, 0.4) is 0 Å². The Hall–Kier alpha value is -1.99. The van der Waals surface area contributed by atoms with Crippen molar-refractivity contribution in [2.24, 2.45) is 10.2 Å². The first-order valence-electron chi connectivity index (χ1n) is 7.27. The summed E-state index contributed by atoms with van der Waals surface area (Å²) in [6, 6.07) is 5.41. The van der Waals surface area contributed by atoms with Gasteiger partial charge >= 0.3 is 0 Å². The highest BCUT2D eigenvalue weighted by atomic mass is 16.3. The molecule has 0 saturated carbocycles. The second kappa shape index (κ2) is 9.11. The molecule has 0 spiro atoms. The Labute approximate surface area is 130 Å². The van der Waals surface area contributed by atoms with Crippen LogP contribution in [0.5, 0.6) is 0 Å². The van der Waals surface area contributed by atoms with Gasteiger partial charge in [0.2, 0.25) is 5.91 Å². The molecule has 22 heavy (non-hydrogen) atoms. The van der Waals surface area contributed by atoms with Crippen LogP contribution in [0.4, 0.5) is 17.1 Å². The van der Waals surface area contributed by atoms with Crippen molar-refractivity contribution in [1.29, 1.82) is 0 Å². The van der Waals surface area contributed by atoms with Crippen LogP contribution >= 0.6 is 0 Å². The van der Waals surface area contributed by atoms with Crippen molar-refractivity contribution in [1.82, 2.24) is 0 Å². The maximum Gasteiger partial charge on any atom is 0.221 e. The van der Waals surface area contributed by atoms with E-state index in [0.29, 0.717) is 24.5 Å². The predicted molar refractivity (Wildman–Crippen MR) is 86.8 cm³/mol. The summed E-state index contributed by atoms with van der Waals surface area (Å²) in [6.45, 7) is 6.00. The first kappa shape index (κ1) is 18.1. The van der Waals surface area contributed by atoms with Gasteiger partial charge in [-0.25, -0.2) is 0 Å². The predicted octanol–water partition coefficient (Wildman–Crippen LogP) is 1.93. The smallest absolute Gasteiger partial charge is 0.221 e. The first-order chi connectivity index (χ1) is 10.5. The van der Waals surface area contributed by atoms with E-state index in [2.05, 4.69) is 15.5 Å². The van der Waals surface area contributed by atoms with Crippen molar-refractivity contribution in [3.05, 3.63) is 18.2 Å². The molecule has 3 N–H and O–H groups in total. The Morgan fingerprint density at radius 3 is 2.41 bits per heavy atom. The summed E-state index contributed by atoms with van der Waals surface area (Å²) in [7, 11) is 0. The van der Waals surface area contributed by atoms with E-state index in [1.165, 1.54) is 6.92 Å². The van der Waals surface area contributed by atoms with Gasteiger partial charge in [0, 0.05) is 25.7 Å². The molecule has 0 atom stereocenters. The molecular weight excluding hydrogens is 284 g/mol. The van der Waals surface area contributed by atoms with Gasteiger partial charge in [-0.05, 0) is 32.0 Å². The van der Waals surface area contributed by atoms with Gasteiger partial charge in [-0.3, -0.25) is 4.79 Å². The minimum absolute atomic E-state index is 0.0235.